The summed E-state index contributed by atoms with van der Waals surface area (Å²) in [6, 6.07) is 2.52. The van der Waals surface area contributed by atoms with Crippen LogP contribution < -0.4 is 5.32 Å². The molecule has 1 amide bonds. The Morgan fingerprint density at radius 1 is 1.26 bits per heavy atom. The van der Waals surface area contributed by atoms with Crippen LogP contribution in [0.4, 0.5) is 8.78 Å². The Hall–Kier alpha value is -1.98. The number of halogens is 2. The minimum atomic E-state index is -1.00. The van der Waals surface area contributed by atoms with E-state index in [1.165, 1.54) is 6.92 Å². The molecule has 1 saturated carbocycles. The third-order valence-electron chi connectivity index (χ3n) is 2.68. The van der Waals surface area contributed by atoms with Gasteiger partial charge in [0.25, 0.3) is 5.91 Å². The number of hydrogen-bond acceptors (Lipinski definition) is 3. The van der Waals surface area contributed by atoms with E-state index in [-0.39, 0.29) is 11.6 Å². The van der Waals surface area contributed by atoms with E-state index in [4.69, 9.17) is 4.74 Å². The predicted molar refractivity (Wildman–Crippen MR) is 62.4 cm³/mol. The quantitative estimate of drug-likeness (QED) is 0.848. The van der Waals surface area contributed by atoms with Crippen LogP contribution in [0.25, 0.3) is 0 Å². The molecule has 1 atom stereocenters. The fourth-order valence-corrected chi connectivity index (χ4v) is 1.50. The molecule has 0 bridgehead atoms. The molecular weight excluding hydrogens is 256 g/mol. The highest BCUT2D eigenvalue weighted by Crippen LogP contribution is 2.19. The molecule has 4 nitrogen and oxygen atoms in total. The molecule has 1 N–H and O–H groups in total. The van der Waals surface area contributed by atoms with E-state index >= 15 is 0 Å². The number of amides is 1. The Labute approximate surface area is 108 Å². The molecule has 1 fully saturated rings. The third kappa shape index (κ3) is 3.74. The molecule has 6 heteroatoms. The molecule has 2 rings (SSSR count). The van der Waals surface area contributed by atoms with Gasteiger partial charge in [0, 0.05) is 12.1 Å². The molecular formula is C13H13F2NO3. The average molecular weight is 269 g/mol. The maximum atomic E-state index is 12.9. The summed E-state index contributed by atoms with van der Waals surface area (Å²) in [6.45, 7) is 1.41. The lowest BCUT2D eigenvalue weighted by Crippen LogP contribution is -2.37. The predicted octanol–water partition coefficient (Wildman–Crippen LogP) is 1.79. The Balaban J connectivity index is 1.97. The van der Waals surface area contributed by atoms with Crippen LogP contribution in [0.1, 0.15) is 30.1 Å². The van der Waals surface area contributed by atoms with Gasteiger partial charge in [0.15, 0.2) is 6.10 Å². The lowest BCUT2D eigenvalue weighted by molar-refractivity contribution is -0.129. The smallest absolute Gasteiger partial charge is 0.339 e. The Kier molecular flexibility index (Phi) is 3.78. The number of carbonyl (C=O) groups is 2. The van der Waals surface area contributed by atoms with Gasteiger partial charge in [-0.3, -0.25) is 4.79 Å². The second kappa shape index (κ2) is 5.34. The van der Waals surface area contributed by atoms with Crippen molar-refractivity contribution in [2.24, 2.45) is 0 Å². The van der Waals surface area contributed by atoms with Crippen molar-refractivity contribution in [1.82, 2.24) is 5.32 Å². The van der Waals surface area contributed by atoms with Gasteiger partial charge in [-0.25, -0.2) is 13.6 Å². The molecule has 1 aromatic rings. The lowest BCUT2D eigenvalue weighted by Gasteiger charge is -2.13. The first-order valence-corrected chi connectivity index (χ1v) is 5.93. The summed E-state index contributed by atoms with van der Waals surface area (Å²) in [5.74, 6) is -3.09. The van der Waals surface area contributed by atoms with E-state index in [9.17, 15) is 18.4 Å². The zero-order valence-corrected chi connectivity index (χ0v) is 10.3. The minimum Gasteiger partial charge on any atom is -0.449 e. The van der Waals surface area contributed by atoms with Gasteiger partial charge < -0.3 is 10.1 Å². The number of ether oxygens (including phenoxy) is 1. The fourth-order valence-electron chi connectivity index (χ4n) is 1.50. The number of nitrogens with one attached hydrogen (secondary N) is 1. The van der Waals surface area contributed by atoms with E-state index in [1.807, 2.05) is 0 Å². The summed E-state index contributed by atoms with van der Waals surface area (Å²) in [5.41, 5.74) is -0.261. The molecule has 1 aromatic carbocycles. The van der Waals surface area contributed by atoms with E-state index in [1.54, 1.807) is 0 Å². The molecule has 1 aliphatic carbocycles. The second-order valence-electron chi connectivity index (χ2n) is 4.49. The number of esters is 1. The largest absolute Gasteiger partial charge is 0.449 e. The minimum absolute atomic E-state index is 0.153. The molecule has 102 valence electrons. The Morgan fingerprint density at radius 3 is 2.37 bits per heavy atom. The highest BCUT2D eigenvalue weighted by Gasteiger charge is 2.27. The van der Waals surface area contributed by atoms with Crippen molar-refractivity contribution in [3.05, 3.63) is 35.4 Å². The highest BCUT2D eigenvalue weighted by molar-refractivity contribution is 5.92. The van der Waals surface area contributed by atoms with Crippen LogP contribution >= 0.6 is 0 Å². The molecule has 0 aromatic heterocycles. The van der Waals surface area contributed by atoms with Crippen molar-refractivity contribution in [2.45, 2.75) is 31.9 Å². The van der Waals surface area contributed by atoms with Crippen molar-refractivity contribution >= 4 is 11.9 Å². The van der Waals surface area contributed by atoms with Crippen LogP contribution in [0.2, 0.25) is 0 Å². The van der Waals surface area contributed by atoms with Crippen LogP contribution in [0, 0.1) is 11.6 Å². The van der Waals surface area contributed by atoms with Gasteiger partial charge in [-0.1, -0.05) is 0 Å². The summed E-state index contributed by atoms with van der Waals surface area (Å²) < 4.78 is 30.7. The first-order valence-electron chi connectivity index (χ1n) is 5.93. The van der Waals surface area contributed by atoms with Gasteiger partial charge in [0.2, 0.25) is 0 Å². The Morgan fingerprint density at radius 2 is 1.84 bits per heavy atom. The maximum absolute atomic E-state index is 12.9. The zero-order valence-electron chi connectivity index (χ0n) is 10.3. The van der Waals surface area contributed by atoms with Crippen LogP contribution in [0.15, 0.2) is 18.2 Å². The molecule has 1 aliphatic rings. The first kappa shape index (κ1) is 13.5. The van der Waals surface area contributed by atoms with Gasteiger partial charge in [-0.15, -0.1) is 0 Å². The molecule has 0 spiro atoms. The summed E-state index contributed by atoms with van der Waals surface area (Å²) in [7, 11) is 0. The van der Waals surface area contributed by atoms with Gasteiger partial charge in [-0.2, -0.15) is 0 Å². The monoisotopic (exact) mass is 269 g/mol. The van der Waals surface area contributed by atoms with Crippen LogP contribution in [0.3, 0.4) is 0 Å². The van der Waals surface area contributed by atoms with Gasteiger partial charge in [-0.05, 0) is 31.9 Å². The Bertz CT molecular complexity index is 494. The number of carbonyl (C=O) groups excluding carboxylic acids is 2. The lowest BCUT2D eigenvalue weighted by atomic mass is 10.2. The fraction of sp³-hybridized carbons (Fsp3) is 0.385. The first-order chi connectivity index (χ1) is 8.95. The molecule has 19 heavy (non-hydrogen) atoms. The SMILES string of the molecule is CC(OC(=O)c1cc(F)cc(F)c1)C(=O)NC1CC1. The normalized spacial score (nSPS) is 15.7. The maximum Gasteiger partial charge on any atom is 0.339 e. The van der Waals surface area contributed by atoms with Gasteiger partial charge in [0.05, 0.1) is 5.56 Å². The zero-order chi connectivity index (χ0) is 14.0. The van der Waals surface area contributed by atoms with E-state index in [2.05, 4.69) is 5.32 Å². The summed E-state index contributed by atoms with van der Waals surface area (Å²) in [5, 5.41) is 2.67. The van der Waals surface area contributed by atoms with E-state index in [0.717, 1.165) is 25.0 Å². The van der Waals surface area contributed by atoms with E-state index in [0.29, 0.717) is 6.07 Å². The molecule has 0 saturated heterocycles. The third-order valence-corrected chi connectivity index (χ3v) is 2.68. The number of rotatable bonds is 4. The van der Waals surface area contributed by atoms with Crippen LogP contribution in [-0.4, -0.2) is 24.0 Å². The average Bonchev–Trinajstić information content (AvgIpc) is 3.11. The van der Waals surface area contributed by atoms with Gasteiger partial charge >= 0.3 is 5.97 Å². The van der Waals surface area contributed by atoms with Crippen LogP contribution in [-0.2, 0) is 9.53 Å². The topological polar surface area (TPSA) is 55.4 Å². The number of hydrogen-bond donors (Lipinski definition) is 1. The highest BCUT2D eigenvalue weighted by atomic mass is 19.1. The van der Waals surface area contributed by atoms with Crippen molar-refractivity contribution < 1.29 is 23.1 Å². The molecule has 0 aliphatic heterocycles. The van der Waals surface area contributed by atoms with Crippen molar-refractivity contribution in [2.75, 3.05) is 0 Å². The van der Waals surface area contributed by atoms with Crippen LogP contribution in [0.5, 0.6) is 0 Å². The van der Waals surface area contributed by atoms with Gasteiger partial charge in [0.1, 0.15) is 11.6 Å². The molecule has 0 radical (unpaired) electrons. The summed E-state index contributed by atoms with van der Waals surface area (Å²) in [4.78, 5) is 23.2. The molecule has 0 heterocycles. The van der Waals surface area contributed by atoms with E-state index < -0.39 is 29.6 Å². The standard InChI is InChI=1S/C13H13F2NO3/c1-7(12(17)16-11-2-3-11)19-13(18)8-4-9(14)6-10(15)5-8/h4-7,11H,2-3H2,1H3,(H,16,17). The molecule has 1 unspecified atom stereocenters. The summed E-state index contributed by atoms with van der Waals surface area (Å²) in [6.07, 6.45) is 0.836. The summed E-state index contributed by atoms with van der Waals surface area (Å²) >= 11 is 0. The van der Waals surface area contributed by atoms with Crippen molar-refractivity contribution in [3.63, 3.8) is 0 Å². The second-order valence-corrected chi connectivity index (χ2v) is 4.49. The van der Waals surface area contributed by atoms with Crippen molar-refractivity contribution in [3.8, 4) is 0 Å². The van der Waals surface area contributed by atoms with Crippen molar-refractivity contribution in [1.29, 1.82) is 0 Å². The number of benzene rings is 1.